The van der Waals surface area contributed by atoms with Gasteiger partial charge in [-0.05, 0) is 118 Å². The lowest BCUT2D eigenvalue weighted by atomic mass is 9.91. The lowest BCUT2D eigenvalue weighted by molar-refractivity contribution is -0.141. The van der Waals surface area contributed by atoms with E-state index in [1.807, 2.05) is 149 Å². The van der Waals surface area contributed by atoms with Crippen LogP contribution in [0.2, 0.25) is 0 Å². The topological polar surface area (TPSA) is 326 Å². The summed E-state index contributed by atoms with van der Waals surface area (Å²) in [4.78, 5) is 101. The van der Waals surface area contributed by atoms with Gasteiger partial charge in [0, 0.05) is 76.7 Å². The van der Waals surface area contributed by atoms with Gasteiger partial charge in [-0.1, -0.05) is 132 Å². The smallest absolute Gasteiger partial charge is 0.243 e. The second-order valence-corrected chi connectivity index (χ2v) is 31.0. The van der Waals surface area contributed by atoms with E-state index < -0.39 is 54.2 Å². The lowest BCUT2D eigenvalue weighted by Crippen LogP contribution is -2.48. The molecule has 0 spiro atoms. The van der Waals surface area contributed by atoms with Crippen LogP contribution in [-0.4, -0.2) is 152 Å². The number of benzene rings is 3. The second kappa shape index (κ2) is 36.5. The standard InChI is InChI=1S/2C26H32N4O4S.C25H30N4O4S.C2H6/c1-14(2)23(22-9-16(4)29-34-22)26(33)30-12-20(31)10-21(30)25(32)27-11-19-7-6-18(8-15(19)3)24-17(5)28-13-35-24;1-14(2)23(22-9-16(4)29-34-22)26(33)30-12-19(31)10-21(30)25(32)27-11-18-6-7-20(15(3)8-18)24-17(5)28-13-35-24;1-14(2)22(21-9-15(3)28-33-21)25(32)29-12-19(30)10-20(29)24(31)26-11-17-5-7-18(8-6-17)23-16(4)27-13-34-23;1-2/h6-9,13-14,20-21,23,31H,10-12H2,1-5H3,(H,27,32);6-9,13-14,19,21,23,31H,10-12H2,1-5H3,(H,27,32);5-9,13-14,19-20,22,30H,10-12H2,1-4H3,(H,26,31);1-2H3/t20-,21+,23-;19-,21+,23-;19-,20+,22-;/m111./s1. The molecule has 0 radical (unpaired) electrons. The molecule has 0 aliphatic carbocycles. The third-order valence-electron chi connectivity index (χ3n) is 19.2. The third kappa shape index (κ3) is 19.5. The van der Waals surface area contributed by atoms with Gasteiger partial charge in [0.2, 0.25) is 35.4 Å². The number of aliphatic hydroxyl groups excluding tert-OH is 3. The average Bonchev–Trinajstić information content (AvgIpc) is 1.67. The molecule has 0 bridgehead atoms. The van der Waals surface area contributed by atoms with Gasteiger partial charge < -0.3 is 59.5 Å². The van der Waals surface area contributed by atoms with Crippen molar-refractivity contribution in [2.24, 2.45) is 17.8 Å². The van der Waals surface area contributed by atoms with E-state index in [9.17, 15) is 44.1 Å². The van der Waals surface area contributed by atoms with E-state index in [2.05, 4.69) is 64.6 Å². The molecule has 3 aliphatic heterocycles. The Kier molecular flexibility index (Phi) is 27.8. The summed E-state index contributed by atoms with van der Waals surface area (Å²) in [5.74, 6) is -1.93. The van der Waals surface area contributed by atoms with Crippen LogP contribution < -0.4 is 16.0 Å². The number of aliphatic hydroxyl groups is 3. The van der Waals surface area contributed by atoms with Gasteiger partial charge in [0.25, 0.3) is 0 Å². The highest BCUT2D eigenvalue weighted by Gasteiger charge is 2.46. The zero-order valence-electron chi connectivity index (χ0n) is 63.3. The fourth-order valence-corrected chi connectivity index (χ4v) is 16.3. The highest BCUT2D eigenvalue weighted by atomic mass is 32.1. The zero-order valence-corrected chi connectivity index (χ0v) is 65.7. The molecule has 106 heavy (non-hydrogen) atoms. The molecular weight excluding hydrogens is 1410 g/mol. The Morgan fingerprint density at radius 1 is 0.443 bits per heavy atom. The predicted molar refractivity (Wildman–Crippen MR) is 408 cm³/mol. The summed E-state index contributed by atoms with van der Waals surface area (Å²) in [5.41, 5.74) is 19.0. The van der Waals surface area contributed by atoms with Gasteiger partial charge in [-0.15, -0.1) is 34.0 Å². The predicted octanol–water partition coefficient (Wildman–Crippen LogP) is 11.9. The van der Waals surface area contributed by atoms with Crippen LogP contribution in [-0.2, 0) is 48.4 Å². The number of hydrogen-bond acceptors (Lipinski definition) is 21. The summed E-state index contributed by atoms with van der Waals surface area (Å²) >= 11 is 4.82. The number of carbonyl (C=O) groups is 6. The fraction of sp³-hybridized carbons (Fsp3) is 0.468. The number of hydrogen-bond donors (Lipinski definition) is 6. The molecule has 9 heterocycles. The number of aryl methyl sites for hydroxylation is 8. The van der Waals surface area contributed by atoms with E-state index in [0.717, 1.165) is 76.2 Å². The molecule has 6 amide bonds. The van der Waals surface area contributed by atoms with Gasteiger partial charge in [-0.25, -0.2) is 15.0 Å². The number of amides is 6. The first-order chi connectivity index (χ1) is 50.5. The van der Waals surface area contributed by atoms with Crippen molar-refractivity contribution in [3.05, 3.63) is 175 Å². The average molecular weight is 1510 g/mol. The molecule has 3 saturated heterocycles. The molecule has 3 aromatic carbocycles. The van der Waals surface area contributed by atoms with Crippen molar-refractivity contribution in [3.63, 3.8) is 0 Å². The number of β-amino-alcohol motifs (C(OH)–C–C–N with tert-alkyl or cyclic N) is 3. The molecule has 12 rings (SSSR count). The SMILES string of the molecule is CC.Cc1cc([C@H](C(=O)N2C[C@H](O)C[C@H]2C(=O)NCc2ccc(-c3scnc3C)c(C)c2)C(C)C)on1.Cc1cc([C@H](C(=O)N2C[C@H](O)C[C@H]2C(=O)NCc2ccc(-c3scnc3C)cc2)C(C)C)on1.Cc1cc([C@H](C(=O)N2C[C@H](O)C[C@H]2C(=O)NCc2ccc(-c3scnc3C)cc2C)C(C)C)on1. The van der Waals surface area contributed by atoms with Crippen molar-refractivity contribution in [3.8, 4) is 31.3 Å². The molecule has 0 unspecified atom stereocenters. The molecule has 6 N–H and O–H groups in total. The second-order valence-electron chi connectivity index (χ2n) is 28.4. The van der Waals surface area contributed by atoms with Gasteiger partial charge in [0.15, 0.2) is 0 Å². The van der Waals surface area contributed by atoms with Crippen molar-refractivity contribution >= 4 is 69.5 Å². The monoisotopic (exact) mass is 1500 g/mol. The molecular formula is C79H100N12O12S3. The first-order valence-corrected chi connectivity index (χ1v) is 38.8. The van der Waals surface area contributed by atoms with Crippen LogP contribution in [0.25, 0.3) is 31.3 Å². The van der Waals surface area contributed by atoms with Gasteiger partial charge >= 0.3 is 0 Å². The minimum atomic E-state index is -0.748. The number of nitrogens with one attached hydrogen (secondary N) is 3. The normalized spacial score (nSPS) is 18.5. The van der Waals surface area contributed by atoms with Gasteiger partial charge in [-0.2, -0.15) is 0 Å². The summed E-state index contributed by atoms with van der Waals surface area (Å²) in [6.07, 6.45) is -1.61. The minimum absolute atomic E-state index is 0.0537. The Morgan fingerprint density at radius 3 is 1.13 bits per heavy atom. The van der Waals surface area contributed by atoms with Crippen molar-refractivity contribution < 1.29 is 57.7 Å². The van der Waals surface area contributed by atoms with E-state index in [0.29, 0.717) is 54.0 Å². The van der Waals surface area contributed by atoms with E-state index in [-0.39, 0.29) is 92.1 Å². The number of aromatic nitrogens is 6. The van der Waals surface area contributed by atoms with Gasteiger partial charge in [0.05, 0.1) is 83.6 Å². The Bertz CT molecular complexity index is 4470. The first kappa shape index (κ1) is 81.0. The maximum absolute atomic E-state index is 13.5. The summed E-state index contributed by atoms with van der Waals surface area (Å²) in [5, 5.41) is 51.5. The van der Waals surface area contributed by atoms with E-state index in [1.165, 1.54) is 14.7 Å². The fourth-order valence-electron chi connectivity index (χ4n) is 13.8. The molecule has 0 saturated carbocycles. The van der Waals surface area contributed by atoms with E-state index >= 15 is 0 Å². The Labute approximate surface area is 631 Å². The number of likely N-dealkylation sites (tertiary alicyclic amines) is 3. The molecule has 9 aromatic rings. The molecule has 3 fully saturated rings. The third-order valence-corrected chi connectivity index (χ3v) is 22.1. The van der Waals surface area contributed by atoms with Gasteiger partial charge in [-0.3, -0.25) is 28.8 Å². The maximum atomic E-state index is 13.5. The molecule has 9 atom stereocenters. The van der Waals surface area contributed by atoms with Crippen LogP contribution in [0, 0.1) is 73.1 Å². The molecule has 24 nitrogen and oxygen atoms in total. The summed E-state index contributed by atoms with van der Waals surface area (Å²) < 4.78 is 16.2. The lowest BCUT2D eigenvalue weighted by Gasteiger charge is -2.28. The van der Waals surface area contributed by atoms with Crippen LogP contribution in [0.15, 0.2) is 109 Å². The first-order valence-electron chi connectivity index (χ1n) is 36.1. The summed E-state index contributed by atoms with van der Waals surface area (Å²) in [7, 11) is 0. The Balaban J connectivity index is 0.000000182. The van der Waals surface area contributed by atoms with Crippen LogP contribution in [0.5, 0.6) is 0 Å². The van der Waals surface area contributed by atoms with Crippen LogP contribution in [0.1, 0.15) is 172 Å². The molecule has 566 valence electrons. The van der Waals surface area contributed by atoms with Crippen molar-refractivity contribution in [2.75, 3.05) is 19.6 Å². The highest BCUT2D eigenvalue weighted by molar-refractivity contribution is 7.14. The van der Waals surface area contributed by atoms with Crippen molar-refractivity contribution in [2.45, 2.75) is 204 Å². The maximum Gasteiger partial charge on any atom is 0.243 e. The van der Waals surface area contributed by atoms with Crippen LogP contribution in [0.4, 0.5) is 0 Å². The number of rotatable bonds is 21. The molecule has 27 heteroatoms. The highest BCUT2D eigenvalue weighted by Crippen LogP contribution is 2.37. The van der Waals surface area contributed by atoms with Crippen molar-refractivity contribution in [1.82, 2.24) is 61.1 Å². The number of nitrogens with zero attached hydrogens (tertiary/aromatic N) is 9. The largest absolute Gasteiger partial charge is 0.391 e. The number of carbonyl (C=O) groups excluding carboxylic acids is 6. The summed E-state index contributed by atoms with van der Waals surface area (Å²) in [6, 6.07) is 23.3. The van der Waals surface area contributed by atoms with Crippen LogP contribution in [0.3, 0.4) is 0 Å². The zero-order chi connectivity index (χ0) is 77.0. The van der Waals surface area contributed by atoms with Gasteiger partial charge in [0.1, 0.15) is 53.2 Å². The molecule has 3 aliphatic rings. The summed E-state index contributed by atoms with van der Waals surface area (Å²) in [6.45, 7) is 32.4. The number of thiazole rings is 3. The Morgan fingerprint density at radius 2 is 0.792 bits per heavy atom. The minimum Gasteiger partial charge on any atom is -0.391 e. The van der Waals surface area contributed by atoms with E-state index in [4.69, 9.17) is 13.6 Å². The Hall–Kier alpha value is -9.12. The van der Waals surface area contributed by atoms with E-state index in [1.54, 1.807) is 73.0 Å². The van der Waals surface area contributed by atoms with Crippen molar-refractivity contribution in [1.29, 1.82) is 0 Å². The van der Waals surface area contributed by atoms with Crippen LogP contribution >= 0.6 is 34.0 Å². The molecule has 6 aromatic heterocycles. The quantitative estimate of drug-likeness (QED) is 0.0389.